The first-order valence-corrected chi connectivity index (χ1v) is 8.51. The summed E-state index contributed by atoms with van der Waals surface area (Å²) in [6.45, 7) is 2.66. The predicted octanol–water partition coefficient (Wildman–Crippen LogP) is 2.23. The number of nitrogens with one attached hydrogen (secondary N) is 1. The average molecular weight is 351 g/mol. The van der Waals surface area contributed by atoms with Crippen LogP contribution in [0.1, 0.15) is 21.7 Å². The largest absolute Gasteiger partial charge is 0.454 e. The van der Waals surface area contributed by atoms with Crippen molar-refractivity contribution in [1.82, 2.24) is 14.9 Å². The molecule has 2 aliphatic heterocycles. The molecule has 0 bridgehead atoms. The van der Waals surface area contributed by atoms with E-state index in [1.807, 2.05) is 36.4 Å². The van der Waals surface area contributed by atoms with E-state index in [1.54, 1.807) is 0 Å². The average Bonchev–Trinajstić information content (AvgIpc) is 3.29. The van der Waals surface area contributed by atoms with Crippen LogP contribution in [0.3, 0.4) is 0 Å². The van der Waals surface area contributed by atoms with Crippen molar-refractivity contribution in [3.05, 3.63) is 53.3 Å². The van der Waals surface area contributed by atoms with Crippen molar-refractivity contribution >= 4 is 16.9 Å². The molecule has 0 aliphatic carbocycles. The van der Waals surface area contributed by atoms with Gasteiger partial charge in [-0.05, 0) is 35.9 Å². The number of rotatable bonds is 3. The molecule has 3 heterocycles. The summed E-state index contributed by atoms with van der Waals surface area (Å²) in [5.74, 6) is 2.22. The molecule has 7 nitrogen and oxygen atoms in total. The number of hydrogen-bond acceptors (Lipinski definition) is 5. The maximum atomic E-state index is 12.5. The van der Waals surface area contributed by atoms with Crippen LogP contribution in [0.25, 0.3) is 11.0 Å². The van der Waals surface area contributed by atoms with Crippen LogP contribution in [0, 0.1) is 0 Å². The van der Waals surface area contributed by atoms with Gasteiger partial charge in [0.1, 0.15) is 12.4 Å². The fraction of sp³-hybridized carbons (Fsp3) is 0.263. The van der Waals surface area contributed by atoms with E-state index in [2.05, 4.69) is 14.9 Å². The van der Waals surface area contributed by atoms with E-state index in [0.29, 0.717) is 31.1 Å². The first-order chi connectivity index (χ1) is 12.8. The molecule has 5 rings (SSSR count). The number of imidazole rings is 1. The number of carbonyl (C=O) groups is 1. The Morgan fingerprint density at radius 2 is 2.08 bits per heavy atom. The minimum absolute atomic E-state index is 0.133. The third-order valence-electron chi connectivity index (χ3n) is 4.67. The van der Waals surface area contributed by atoms with Gasteiger partial charge in [0, 0.05) is 18.7 Å². The van der Waals surface area contributed by atoms with Gasteiger partial charge in [-0.15, -0.1) is 0 Å². The minimum Gasteiger partial charge on any atom is -0.454 e. The predicted molar refractivity (Wildman–Crippen MR) is 93.1 cm³/mol. The third-order valence-corrected chi connectivity index (χ3v) is 4.67. The standard InChI is InChI=1S/C19H17N3O4/c23-19(20-9-12-1-4-16-17(7-12)26-11-25-16)13-2-3-15-14(8-13)21-18-10-24-6-5-22(15)18/h1-4,7-8H,5-6,9-11H2,(H,20,23). The molecule has 0 spiro atoms. The Hall–Kier alpha value is -3.06. The zero-order valence-electron chi connectivity index (χ0n) is 14.0. The molecule has 3 aromatic rings. The Morgan fingerprint density at radius 1 is 1.15 bits per heavy atom. The Balaban J connectivity index is 1.33. The van der Waals surface area contributed by atoms with Crippen molar-refractivity contribution in [2.24, 2.45) is 0 Å². The number of benzene rings is 2. The van der Waals surface area contributed by atoms with Crippen LogP contribution in [0.15, 0.2) is 36.4 Å². The molecule has 0 saturated heterocycles. The molecule has 0 saturated carbocycles. The van der Waals surface area contributed by atoms with E-state index < -0.39 is 0 Å². The quantitative estimate of drug-likeness (QED) is 0.783. The SMILES string of the molecule is O=C(NCc1ccc2c(c1)OCO2)c1ccc2c(c1)nc1n2CCOC1. The molecule has 1 aromatic heterocycles. The number of carbonyl (C=O) groups excluding carboxylic acids is 1. The summed E-state index contributed by atoms with van der Waals surface area (Å²) < 4.78 is 18.2. The van der Waals surface area contributed by atoms with Gasteiger partial charge >= 0.3 is 0 Å². The zero-order chi connectivity index (χ0) is 17.5. The van der Waals surface area contributed by atoms with Crippen LogP contribution in [-0.2, 0) is 24.4 Å². The highest BCUT2D eigenvalue weighted by molar-refractivity contribution is 5.97. The van der Waals surface area contributed by atoms with Gasteiger partial charge in [-0.2, -0.15) is 0 Å². The molecular weight excluding hydrogens is 334 g/mol. The minimum atomic E-state index is -0.133. The van der Waals surface area contributed by atoms with Crippen molar-refractivity contribution < 1.29 is 19.0 Å². The van der Waals surface area contributed by atoms with Gasteiger partial charge in [-0.1, -0.05) is 6.07 Å². The van der Waals surface area contributed by atoms with E-state index in [-0.39, 0.29) is 12.7 Å². The highest BCUT2D eigenvalue weighted by Crippen LogP contribution is 2.32. The van der Waals surface area contributed by atoms with Gasteiger partial charge in [0.2, 0.25) is 6.79 Å². The number of amides is 1. The number of hydrogen-bond donors (Lipinski definition) is 1. The molecular formula is C19H17N3O4. The molecule has 0 unspecified atom stereocenters. The van der Waals surface area contributed by atoms with E-state index in [4.69, 9.17) is 14.2 Å². The third kappa shape index (κ3) is 2.57. The van der Waals surface area contributed by atoms with Crippen molar-refractivity contribution in [2.75, 3.05) is 13.4 Å². The normalized spacial score (nSPS) is 15.1. The van der Waals surface area contributed by atoms with Crippen molar-refractivity contribution in [3.8, 4) is 11.5 Å². The molecule has 132 valence electrons. The molecule has 7 heteroatoms. The first-order valence-electron chi connectivity index (χ1n) is 8.51. The Morgan fingerprint density at radius 3 is 3.04 bits per heavy atom. The van der Waals surface area contributed by atoms with Gasteiger partial charge in [-0.3, -0.25) is 4.79 Å². The van der Waals surface area contributed by atoms with Crippen LogP contribution in [0.4, 0.5) is 0 Å². The molecule has 2 aliphatic rings. The van der Waals surface area contributed by atoms with E-state index in [0.717, 1.165) is 34.7 Å². The van der Waals surface area contributed by atoms with Crippen LogP contribution < -0.4 is 14.8 Å². The highest BCUT2D eigenvalue weighted by atomic mass is 16.7. The van der Waals surface area contributed by atoms with Crippen molar-refractivity contribution in [3.63, 3.8) is 0 Å². The second-order valence-electron chi connectivity index (χ2n) is 6.31. The topological polar surface area (TPSA) is 74.6 Å². The van der Waals surface area contributed by atoms with Crippen LogP contribution in [0.5, 0.6) is 11.5 Å². The lowest BCUT2D eigenvalue weighted by molar-refractivity contribution is 0.0830. The molecule has 0 atom stereocenters. The van der Waals surface area contributed by atoms with Gasteiger partial charge in [0.15, 0.2) is 11.5 Å². The number of fused-ring (bicyclic) bond motifs is 4. The zero-order valence-corrected chi connectivity index (χ0v) is 14.0. The number of aromatic nitrogens is 2. The van der Waals surface area contributed by atoms with Gasteiger partial charge in [-0.25, -0.2) is 4.98 Å². The summed E-state index contributed by atoms with van der Waals surface area (Å²) in [7, 11) is 0. The van der Waals surface area contributed by atoms with Crippen LogP contribution in [0.2, 0.25) is 0 Å². The molecule has 1 N–H and O–H groups in total. The molecule has 26 heavy (non-hydrogen) atoms. The smallest absolute Gasteiger partial charge is 0.251 e. The first kappa shape index (κ1) is 15.2. The maximum Gasteiger partial charge on any atom is 0.251 e. The Bertz CT molecular complexity index is 1010. The van der Waals surface area contributed by atoms with E-state index >= 15 is 0 Å². The van der Waals surface area contributed by atoms with Crippen LogP contribution in [-0.4, -0.2) is 28.9 Å². The second-order valence-corrected chi connectivity index (χ2v) is 6.31. The fourth-order valence-corrected chi connectivity index (χ4v) is 3.34. The van der Waals surface area contributed by atoms with E-state index in [1.165, 1.54) is 0 Å². The summed E-state index contributed by atoms with van der Waals surface area (Å²) in [6.07, 6.45) is 0. The number of nitrogens with zero attached hydrogens (tertiary/aromatic N) is 2. The lowest BCUT2D eigenvalue weighted by atomic mass is 10.1. The van der Waals surface area contributed by atoms with Gasteiger partial charge in [0.05, 0.1) is 17.6 Å². The number of ether oxygens (including phenoxy) is 3. The summed E-state index contributed by atoms with van der Waals surface area (Å²) >= 11 is 0. The monoisotopic (exact) mass is 351 g/mol. The summed E-state index contributed by atoms with van der Waals surface area (Å²) in [4.78, 5) is 17.1. The summed E-state index contributed by atoms with van der Waals surface area (Å²) in [5, 5.41) is 2.94. The van der Waals surface area contributed by atoms with Crippen molar-refractivity contribution in [2.45, 2.75) is 19.7 Å². The lowest BCUT2D eigenvalue weighted by Crippen LogP contribution is -2.22. The maximum absolute atomic E-state index is 12.5. The van der Waals surface area contributed by atoms with Gasteiger partial charge in [0.25, 0.3) is 5.91 Å². The van der Waals surface area contributed by atoms with Gasteiger partial charge < -0.3 is 24.1 Å². The lowest BCUT2D eigenvalue weighted by Gasteiger charge is -2.14. The Labute approximate surface area is 149 Å². The van der Waals surface area contributed by atoms with Crippen molar-refractivity contribution in [1.29, 1.82) is 0 Å². The molecule has 2 aromatic carbocycles. The summed E-state index contributed by atoms with van der Waals surface area (Å²) in [5.41, 5.74) is 3.41. The highest BCUT2D eigenvalue weighted by Gasteiger charge is 2.17. The van der Waals surface area contributed by atoms with E-state index in [9.17, 15) is 4.79 Å². The summed E-state index contributed by atoms with van der Waals surface area (Å²) in [6, 6.07) is 11.3. The van der Waals surface area contributed by atoms with Crippen LogP contribution >= 0.6 is 0 Å². The molecule has 0 fully saturated rings. The fourth-order valence-electron chi connectivity index (χ4n) is 3.34. The Kier molecular flexibility index (Phi) is 3.53. The second kappa shape index (κ2) is 6.03. The molecule has 0 radical (unpaired) electrons. The molecule has 1 amide bonds.